The van der Waals surface area contributed by atoms with E-state index in [1.807, 2.05) is 22.8 Å². The molecule has 0 saturated carbocycles. The van der Waals surface area contributed by atoms with Gasteiger partial charge in [-0.2, -0.15) is 0 Å². The summed E-state index contributed by atoms with van der Waals surface area (Å²) in [6, 6.07) is 14.5. The van der Waals surface area contributed by atoms with Crippen molar-refractivity contribution >= 4 is 10.8 Å². The van der Waals surface area contributed by atoms with E-state index in [2.05, 4.69) is 36.2 Å². The molecule has 0 radical (unpaired) electrons. The maximum absolute atomic E-state index is 10.5. The van der Waals surface area contributed by atoms with Gasteiger partial charge in [0.05, 0.1) is 24.3 Å². The Morgan fingerprint density at radius 2 is 1.95 bits per heavy atom. The van der Waals surface area contributed by atoms with E-state index in [0.29, 0.717) is 6.42 Å². The van der Waals surface area contributed by atoms with Crippen LogP contribution in [0.4, 0.5) is 0 Å². The highest BCUT2D eigenvalue weighted by molar-refractivity contribution is 5.85. The van der Waals surface area contributed by atoms with Crippen molar-refractivity contribution < 1.29 is 5.11 Å². The predicted octanol–water partition coefficient (Wildman–Crippen LogP) is 3.33. The maximum atomic E-state index is 10.5. The second-order valence-corrected chi connectivity index (χ2v) is 4.96. The van der Waals surface area contributed by atoms with Crippen LogP contribution in [0.5, 0.6) is 0 Å². The third-order valence-corrected chi connectivity index (χ3v) is 3.72. The molecule has 0 fully saturated rings. The number of aryl methyl sites for hydroxylation is 1. The van der Waals surface area contributed by atoms with Crippen LogP contribution in [0.1, 0.15) is 24.3 Å². The lowest BCUT2D eigenvalue weighted by Gasteiger charge is -2.14. The van der Waals surface area contributed by atoms with E-state index < -0.39 is 6.10 Å². The molecule has 1 atom stereocenters. The zero-order valence-electron chi connectivity index (χ0n) is 11.5. The number of benzene rings is 2. The van der Waals surface area contributed by atoms with Crippen molar-refractivity contribution in [3.8, 4) is 0 Å². The zero-order valence-corrected chi connectivity index (χ0v) is 11.5. The van der Waals surface area contributed by atoms with Gasteiger partial charge in [0.25, 0.3) is 0 Å². The third-order valence-electron chi connectivity index (χ3n) is 3.72. The van der Waals surface area contributed by atoms with Crippen molar-refractivity contribution in [3.05, 3.63) is 66.2 Å². The Morgan fingerprint density at radius 1 is 1.15 bits per heavy atom. The highest BCUT2D eigenvalue weighted by Crippen LogP contribution is 2.24. The Hall–Kier alpha value is -2.13. The van der Waals surface area contributed by atoms with Crippen molar-refractivity contribution in [1.82, 2.24) is 9.55 Å². The maximum Gasteiger partial charge on any atom is 0.0996 e. The van der Waals surface area contributed by atoms with E-state index in [1.165, 1.54) is 16.3 Å². The number of aliphatic hydroxyl groups excluding tert-OH is 1. The number of aliphatic hydroxyl groups is 1. The molecule has 0 aliphatic carbocycles. The molecule has 0 spiro atoms. The van der Waals surface area contributed by atoms with E-state index in [-0.39, 0.29) is 0 Å². The number of aromatic nitrogens is 2. The summed E-state index contributed by atoms with van der Waals surface area (Å²) < 4.78 is 1.98. The molecule has 3 rings (SSSR count). The minimum Gasteiger partial charge on any atom is -0.386 e. The van der Waals surface area contributed by atoms with Gasteiger partial charge in [-0.3, -0.25) is 0 Å². The first-order chi connectivity index (χ1) is 9.79. The molecule has 3 nitrogen and oxygen atoms in total. The van der Waals surface area contributed by atoms with Crippen LogP contribution >= 0.6 is 0 Å². The molecule has 3 aromatic rings. The Kier molecular flexibility index (Phi) is 3.52. The van der Waals surface area contributed by atoms with Crippen LogP contribution in [0.3, 0.4) is 0 Å². The molecular formula is C17H18N2O. The van der Waals surface area contributed by atoms with Crippen LogP contribution in [-0.2, 0) is 13.0 Å². The van der Waals surface area contributed by atoms with Crippen LogP contribution in [0.2, 0.25) is 0 Å². The van der Waals surface area contributed by atoms with Crippen molar-refractivity contribution in [3.63, 3.8) is 0 Å². The summed E-state index contributed by atoms with van der Waals surface area (Å²) >= 11 is 0. The predicted molar refractivity (Wildman–Crippen MR) is 80.5 cm³/mol. The second-order valence-electron chi connectivity index (χ2n) is 4.96. The summed E-state index contributed by atoms with van der Waals surface area (Å²) in [4.78, 5) is 4.12. The van der Waals surface area contributed by atoms with Crippen molar-refractivity contribution in [2.24, 2.45) is 0 Å². The molecular weight excluding hydrogens is 248 g/mol. The van der Waals surface area contributed by atoms with Crippen molar-refractivity contribution in [2.75, 3.05) is 0 Å². The summed E-state index contributed by atoms with van der Waals surface area (Å²) in [5.41, 5.74) is 2.04. The fourth-order valence-corrected chi connectivity index (χ4v) is 2.66. The zero-order chi connectivity index (χ0) is 13.9. The van der Waals surface area contributed by atoms with E-state index >= 15 is 0 Å². The van der Waals surface area contributed by atoms with Gasteiger partial charge in [-0.1, -0.05) is 42.5 Å². The molecule has 1 N–H and O–H groups in total. The van der Waals surface area contributed by atoms with Crippen LogP contribution in [0.25, 0.3) is 10.8 Å². The normalized spacial score (nSPS) is 12.7. The molecule has 0 aliphatic rings. The molecule has 0 amide bonds. The minimum absolute atomic E-state index is 0.525. The van der Waals surface area contributed by atoms with E-state index in [9.17, 15) is 5.11 Å². The number of imidazole rings is 1. The van der Waals surface area contributed by atoms with E-state index in [0.717, 1.165) is 12.2 Å². The van der Waals surface area contributed by atoms with Gasteiger partial charge >= 0.3 is 0 Å². The second kappa shape index (κ2) is 5.47. The Morgan fingerprint density at radius 3 is 2.80 bits per heavy atom. The summed E-state index contributed by atoms with van der Waals surface area (Å²) in [5, 5.41) is 12.9. The topological polar surface area (TPSA) is 38.0 Å². The first-order valence-corrected chi connectivity index (χ1v) is 6.94. The van der Waals surface area contributed by atoms with E-state index in [1.54, 1.807) is 12.5 Å². The number of nitrogens with zero attached hydrogens (tertiary/aromatic N) is 2. The lowest BCUT2D eigenvalue weighted by Crippen LogP contribution is -2.08. The highest BCUT2D eigenvalue weighted by atomic mass is 16.3. The van der Waals surface area contributed by atoms with Crippen LogP contribution in [0, 0.1) is 0 Å². The van der Waals surface area contributed by atoms with Gasteiger partial charge in [0.1, 0.15) is 0 Å². The molecule has 0 bridgehead atoms. The molecule has 1 aromatic heterocycles. The lowest BCUT2D eigenvalue weighted by atomic mass is 9.99. The number of rotatable bonds is 4. The summed E-state index contributed by atoms with van der Waals surface area (Å²) in [6.07, 6.45) is 3.59. The van der Waals surface area contributed by atoms with Gasteiger partial charge in [0, 0.05) is 13.0 Å². The molecule has 2 aromatic carbocycles. The monoisotopic (exact) mass is 266 g/mol. The Bertz CT molecular complexity index is 712. The van der Waals surface area contributed by atoms with Gasteiger partial charge in [0.2, 0.25) is 0 Å². The average molecular weight is 266 g/mol. The molecule has 3 heteroatoms. The number of fused-ring (bicyclic) bond motifs is 1. The lowest BCUT2D eigenvalue weighted by molar-refractivity contribution is 0.169. The summed E-state index contributed by atoms with van der Waals surface area (Å²) in [6.45, 7) is 2.87. The van der Waals surface area contributed by atoms with Crippen molar-refractivity contribution in [1.29, 1.82) is 0 Å². The fourth-order valence-electron chi connectivity index (χ4n) is 2.66. The molecule has 0 aliphatic heterocycles. The average Bonchev–Trinajstić information content (AvgIpc) is 2.96. The largest absolute Gasteiger partial charge is 0.386 e. The fraction of sp³-hybridized carbons (Fsp3) is 0.235. The molecule has 0 saturated heterocycles. The van der Waals surface area contributed by atoms with Gasteiger partial charge in [-0.15, -0.1) is 0 Å². The highest BCUT2D eigenvalue weighted by Gasteiger charge is 2.14. The summed E-state index contributed by atoms with van der Waals surface area (Å²) in [7, 11) is 0. The molecule has 102 valence electrons. The Balaban J connectivity index is 1.93. The first-order valence-electron chi connectivity index (χ1n) is 6.94. The Labute approximate surface area is 118 Å². The van der Waals surface area contributed by atoms with Crippen LogP contribution in [-0.4, -0.2) is 14.7 Å². The summed E-state index contributed by atoms with van der Waals surface area (Å²) in [5.74, 6) is 0. The van der Waals surface area contributed by atoms with Gasteiger partial charge in [-0.25, -0.2) is 4.98 Å². The third kappa shape index (κ3) is 2.32. The van der Waals surface area contributed by atoms with E-state index in [4.69, 9.17) is 0 Å². The van der Waals surface area contributed by atoms with Crippen LogP contribution < -0.4 is 0 Å². The molecule has 20 heavy (non-hydrogen) atoms. The van der Waals surface area contributed by atoms with Gasteiger partial charge in [0.15, 0.2) is 0 Å². The van der Waals surface area contributed by atoms with Gasteiger partial charge < -0.3 is 9.67 Å². The van der Waals surface area contributed by atoms with Gasteiger partial charge in [-0.05, 0) is 23.3 Å². The standard InChI is InChI=1S/C17H18N2O/c1-2-19-12-18-11-16(19)17(20)10-14-8-5-7-13-6-3-4-9-15(13)14/h3-9,11-12,17,20H,2,10H2,1H3. The number of hydrogen-bond acceptors (Lipinski definition) is 2. The first kappa shape index (κ1) is 12.9. The quantitative estimate of drug-likeness (QED) is 0.786. The molecule has 1 heterocycles. The SMILES string of the molecule is CCn1cncc1C(O)Cc1cccc2ccccc12. The smallest absolute Gasteiger partial charge is 0.0996 e. The van der Waals surface area contributed by atoms with Crippen molar-refractivity contribution in [2.45, 2.75) is 26.0 Å². The number of hydrogen-bond donors (Lipinski definition) is 1. The van der Waals surface area contributed by atoms with Crippen LogP contribution in [0.15, 0.2) is 55.0 Å². The minimum atomic E-state index is -0.525. The molecule has 1 unspecified atom stereocenters.